The summed E-state index contributed by atoms with van der Waals surface area (Å²) in [6.07, 6.45) is 5.20. The topological polar surface area (TPSA) is 85.3 Å². The molecule has 0 unspecified atom stereocenters. The van der Waals surface area contributed by atoms with E-state index in [1.165, 1.54) is 22.7 Å². The van der Waals surface area contributed by atoms with Crippen molar-refractivity contribution in [1.29, 1.82) is 0 Å². The highest BCUT2D eigenvalue weighted by Crippen LogP contribution is 2.35. The maximum absolute atomic E-state index is 13.6. The molecule has 152 valence electrons. The highest BCUT2D eigenvalue weighted by Gasteiger charge is 2.23. The predicted octanol–water partition coefficient (Wildman–Crippen LogP) is 4.28. The maximum atomic E-state index is 13.6. The zero-order chi connectivity index (χ0) is 20.7. The highest BCUT2D eigenvalue weighted by atomic mass is 32.2. The Morgan fingerprint density at radius 3 is 2.77 bits per heavy atom. The smallest absolute Gasteiger partial charge is 0.267 e. The molecule has 0 saturated heterocycles. The summed E-state index contributed by atoms with van der Waals surface area (Å²) in [5.74, 6) is 0.293. The number of aryl methyl sites for hydroxylation is 2. The third kappa shape index (κ3) is 3.36. The molecular weight excluding hydrogens is 420 g/mol. The summed E-state index contributed by atoms with van der Waals surface area (Å²) in [6.45, 7) is 0. The Morgan fingerprint density at radius 2 is 1.97 bits per heavy atom. The summed E-state index contributed by atoms with van der Waals surface area (Å²) in [5.41, 5.74) is 1.36. The summed E-state index contributed by atoms with van der Waals surface area (Å²) in [6, 6.07) is 10.7. The van der Waals surface area contributed by atoms with Crippen molar-refractivity contribution in [2.24, 2.45) is 0 Å². The van der Waals surface area contributed by atoms with Gasteiger partial charge in [-0.15, -0.1) is 11.3 Å². The van der Waals surface area contributed by atoms with Crippen molar-refractivity contribution in [3.63, 3.8) is 0 Å². The minimum absolute atomic E-state index is 0.0553. The average Bonchev–Trinajstić information content (AvgIpc) is 3.14. The van der Waals surface area contributed by atoms with Crippen molar-refractivity contribution >= 4 is 33.3 Å². The fraction of sp³-hybridized carbons (Fsp3) is 0.227. The van der Waals surface area contributed by atoms with Gasteiger partial charge in [0.25, 0.3) is 5.56 Å². The molecule has 6 nitrogen and oxygen atoms in total. The molecule has 0 aliphatic heterocycles. The van der Waals surface area contributed by atoms with Crippen molar-refractivity contribution in [1.82, 2.24) is 9.55 Å². The predicted molar refractivity (Wildman–Crippen MR) is 118 cm³/mol. The van der Waals surface area contributed by atoms with Crippen LogP contribution in [-0.4, -0.2) is 14.7 Å². The van der Waals surface area contributed by atoms with Gasteiger partial charge in [-0.3, -0.25) is 14.2 Å². The molecule has 1 aromatic carbocycles. The zero-order valence-corrected chi connectivity index (χ0v) is 17.6. The van der Waals surface area contributed by atoms with Gasteiger partial charge in [0, 0.05) is 10.9 Å². The molecule has 1 aliphatic rings. The number of aromatic hydroxyl groups is 1. The molecule has 3 heterocycles. The third-order valence-electron chi connectivity index (χ3n) is 5.18. The van der Waals surface area contributed by atoms with Gasteiger partial charge in [0.05, 0.1) is 16.8 Å². The minimum Gasteiger partial charge on any atom is -0.502 e. The Hall–Kier alpha value is -2.84. The second-order valence-electron chi connectivity index (χ2n) is 7.15. The molecule has 1 aliphatic carbocycles. The zero-order valence-electron chi connectivity index (χ0n) is 16.0. The molecule has 0 radical (unpaired) electrons. The van der Waals surface area contributed by atoms with Gasteiger partial charge in [-0.25, -0.2) is 4.98 Å². The number of thioether (sulfide) groups is 1. The Balaban J connectivity index is 1.65. The number of thiophene rings is 1. The molecule has 0 spiro atoms. The first-order chi connectivity index (χ1) is 14.6. The summed E-state index contributed by atoms with van der Waals surface area (Å²) in [5, 5.41) is 10.7. The maximum Gasteiger partial charge on any atom is 0.267 e. The second kappa shape index (κ2) is 7.77. The van der Waals surface area contributed by atoms with Crippen molar-refractivity contribution in [3.05, 3.63) is 79.4 Å². The van der Waals surface area contributed by atoms with Gasteiger partial charge in [-0.2, -0.15) is 0 Å². The van der Waals surface area contributed by atoms with E-state index in [2.05, 4.69) is 0 Å². The van der Waals surface area contributed by atoms with E-state index in [9.17, 15) is 14.7 Å². The van der Waals surface area contributed by atoms with Crippen LogP contribution < -0.4 is 11.0 Å². The van der Waals surface area contributed by atoms with Crippen LogP contribution >= 0.6 is 23.1 Å². The van der Waals surface area contributed by atoms with E-state index in [-0.39, 0.29) is 5.56 Å². The molecule has 30 heavy (non-hydrogen) atoms. The SMILES string of the molecule is O=c1cc(CSc2nc3sc4c(c3c(=O)n2-c2ccccc2)CCCC4)occ1O. The summed E-state index contributed by atoms with van der Waals surface area (Å²) in [7, 11) is 0. The normalized spacial score (nSPS) is 13.5. The molecule has 5 rings (SSSR count). The van der Waals surface area contributed by atoms with E-state index in [1.807, 2.05) is 30.3 Å². The number of rotatable bonds is 4. The molecule has 8 heteroatoms. The average molecular weight is 439 g/mol. The molecule has 3 aromatic heterocycles. The molecule has 4 aromatic rings. The number of hydrogen-bond donors (Lipinski definition) is 1. The molecular formula is C22H18N2O4S2. The minimum atomic E-state index is -0.494. The van der Waals surface area contributed by atoms with Gasteiger partial charge in [-0.1, -0.05) is 30.0 Å². The van der Waals surface area contributed by atoms with Gasteiger partial charge in [0.15, 0.2) is 10.9 Å². The van der Waals surface area contributed by atoms with Crippen LogP contribution in [-0.2, 0) is 18.6 Å². The van der Waals surface area contributed by atoms with Crippen LogP contribution in [0.1, 0.15) is 29.0 Å². The lowest BCUT2D eigenvalue weighted by Gasteiger charge is -2.13. The van der Waals surface area contributed by atoms with Crippen LogP contribution in [0.2, 0.25) is 0 Å². The van der Waals surface area contributed by atoms with Crippen LogP contribution in [0.5, 0.6) is 5.75 Å². The Kier molecular flexibility index (Phi) is 4.96. The lowest BCUT2D eigenvalue weighted by atomic mass is 9.97. The van der Waals surface area contributed by atoms with Crippen LogP contribution in [0.15, 0.2) is 61.8 Å². The molecule has 0 fully saturated rings. The number of benzene rings is 1. The Labute approximate surface area is 179 Å². The monoisotopic (exact) mass is 438 g/mol. The van der Waals surface area contributed by atoms with Crippen molar-refractivity contribution < 1.29 is 9.52 Å². The van der Waals surface area contributed by atoms with Gasteiger partial charge in [0.1, 0.15) is 16.9 Å². The third-order valence-corrected chi connectivity index (χ3v) is 7.33. The van der Waals surface area contributed by atoms with Crippen LogP contribution in [0.3, 0.4) is 0 Å². The molecule has 0 amide bonds. The lowest BCUT2D eigenvalue weighted by molar-refractivity contribution is 0.419. The second-order valence-corrected chi connectivity index (χ2v) is 9.17. The van der Waals surface area contributed by atoms with E-state index in [0.717, 1.165) is 53.4 Å². The number of fused-ring (bicyclic) bond motifs is 3. The number of hydrogen-bond acceptors (Lipinski definition) is 7. The van der Waals surface area contributed by atoms with Crippen LogP contribution in [0, 0.1) is 0 Å². The van der Waals surface area contributed by atoms with E-state index >= 15 is 0 Å². The highest BCUT2D eigenvalue weighted by molar-refractivity contribution is 7.98. The van der Waals surface area contributed by atoms with E-state index in [1.54, 1.807) is 15.9 Å². The Bertz CT molecular complexity index is 1360. The standard InChI is InChI=1S/C22H18N2O4S2/c25-16-10-14(28-11-17(16)26)12-29-22-23-20-19(15-8-4-5-9-18(15)30-20)21(27)24(22)13-6-2-1-3-7-13/h1-3,6-7,10-11,26H,4-5,8-9,12H2. The summed E-state index contributed by atoms with van der Waals surface area (Å²) in [4.78, 5) is 32.2. The van der Waals surface area contributed by atoms with Crippen molar-refractivity contribution in [3.8, 4) is 11.4 Å². The summed E-state index contributed by atoms with van der Waals surface area (Å²) >= 11 is 2.94. The van der Waals surface area contributed by atoms with Gasteiger partial charge in [0.2, 0.25) is 5.43 Å². The van der Waals surface area contributed by atoms with E-state index in [0.29, 0.717) is 16.7 Å². The molecule has 0 atom stereocenters. The van der Waals surface area contributed by atoms with Crippen LogP contribution in [0.25, 0.3) is 15.9 Å². The molecule has 0 saturated carbocycles. The van der Waals surface area contributed by atoms with E-state index in [4.69, 9.17) is 9.40 Å². The molecule has 1 N–H and O–H groups in total. The largest absolute Gasteiger partial charge is 0.502 e. The fourth-order valence-corrected chi connectivity index (χ4v) is 5.95. The summed E-state index contributed by atoms with van der Waals surface area (Å²) < 4.78 is 6.95. The van der Waals surface area contributed by atoms with Gasteiger partial charge < -0.3 is 9.52 Å². The lowest BCUT2D eigenvalue weighted by Crippen LogP contribution is -2.22. The fourth-order valence-electron chi connectivity index (χ4n) is 3.74. The Morgan fingerprint density at radius 1 is 1.17 bits per heavy atom. The first-order valence-corrected chi connectivity index (χ1v) is 11.5. The van der Waals surface area contributed by atoms with Crippen molar-refractivity contribution in [2.75, 3.05) is 0 Å². The van der Waals surface area contributed by atoms with Gasteiger partial charge in [-0.05, 0) is 43.4 Å². The van der Waals surface area contributed by atoms with Gasteiger partial charge >= 0.3 is 0 Å². The molecule has 0 bridgehead atoms. The van der Waals surface area contributed by atoms with Crippen molar-refractivity contribution in [2.45, 2.75) is 36.6 Å². The van der Waals surface area contributed by atoms with E-state index < -0.39 is 11.2 Å². The first-order valence-electron chi connectivity index (χ1n) is 9.68. The first kappa shape index (κ1) is 19.1. The van der Waals surface area contributed by atoms with Crippen LogP contribution in [0.4, 0.5) is 0 Å². The number of para-hydroxylation sites is 1. The number of nitrogens with zero attached hydrogens (tertiary/aromatic N) is 2. The number of aromatic nitrogens is 2. The quantitative estimate of drug-likeness (QED) is 0.378.